The summed E-state index contributed by atoms with van der Waals surface area (Å²) in [5.41, 5.74) is 0.569. The average molecular weight is 1020 g/mol. The van der Waals surface area contributed by atoms with Crippen molar-refractivity contribution >= 4 is 53.3 Å². The van der Waals surface area contributed by atoms with Crippen molar-refractivity contribution in [3.05, 3.63) is 29.8 Å². The lowest BCUT2D eigenvalue weighted by molar-refractivity contribution is -0.162. The van der Waals surface area contributed by atoms with Gasteiger partial charge in [-0.2, -0.15) is 0 Å². The zero-order chi connectivity index (χ0) is 54.5. The predicted molar refractivity (Wildman–Crippen MR) is 264 cm³/mol. The molecule has 0 saturated carbocycles. The smallest absolute Gasteiger partial charge is 0.329 e. The Labute approximate surface area is 424 Å². The van der Waals surface area contributed by atoms with E-state index in [-0.39, 0.29) is 44.1 Å². The third-order valence-electron chi connectivity index (χ3n) is 13.0. The number of nitrogens with zero attached hydrogens (tertiary/aromatic N) is 3. The van der Waals surface area contributed by atoms with E-state index in [1.807, 2.05) is 27.7 Å². The van der Waals surface area contributed by atoms with Crippen LogP contribution in [0.1, 0.15) is 114 Å². The summed E-state index contributed by atoms with van der Waals surface area (Å²) in [6.45, 7) is 18.2. The first-order chi connectivity index (χ1) is 33.6. The van der Waals surface area contributed by atoms with Crippen LogP contribution in [0.2, 0.25) is 0 Å². The Kier molecular flexibility index (Phi) is 22.9. The molecule has 0 bridgehead atoms. The van der Waals surface area contributed by atoms with E-state index >= 15 is 0 Å². The molecule has 2 aliphatic heterocycles. The number of amides is 7. The number of likely N-dealkylation sites (N-methyl/N-ethyl adjacent to an activating group) is 2. The van der Waals surface area contributed by atoms with Crippen molar-refractivity contribution in [2.45, 2.75) is 181 Å². The van der Waals surface area contributed by atoms with E-state index in [1.165, 1.54) is 51.8 Å². The maximum atomic E-state index is 14.7. The SMILES string of the molecule is COc1ccc(C[C@H]2C(=O)O[C@H](C)[C@H](NC(=O)[C@@H](CC(C)C)N(C)C(=O)C3CCCN3C(=O)[C@H](C)O)C(=O)NC(C(C)C)[C@@H](O)CC(=O)O[C@@H](C(C)C)C(=O)N[C@@H](CC(C)C)C(=O)N[C@@H](C)C(=O)N2C)cc1. The molecule has 0 radical (unpaired) electrons. The van der Waals surface area contributed by atoms with Gasteiger partial charge >= 0.3 is 11.9 Å². The number of hydrogen-bond donors (Lipinski definition) is 6. The lowest BCUT2D eigenvalue weighted by Crippen LogP contribution is -2.62. The lowest BCUT2D eigenvalue weighted by atomic mass is 9.95. The Morgan fingerprint density at radius 2 is 1.49 bits per heavy atom. The Hall–Kier alpha value is -5.83. The number of aliphatic hydroxyl groups is 2. The van der Waals surface area contributed by atoms with Crippen molar-refractivity contribution in [3.8, 4) is 5.75 Å². The molecule has 6 N–H and O–H groups in total. The van der Waals surface area contributed by atoms with Crippen molar-refractivity contribution in [1.82, 2.24) is 36.0 Å². The number of cyclic esters (lactones) is 2. The normalized spacial score (nSPS) is 26.5. The Balaban J connectivity index is 2.20. The van der Waals surface area contributed by atoms with Crippen molar-refractivity contribution < 1.29 is 67.6 Å². The average Bonchev–Trinajstić information content (AvgIpc) is 3.80. The van der Waals surface area contributed by atoms with E-state index in [1.54, 1.807) is 52.0 Å². The molecule has 404 valence electrons. The quantitative estimate of drug-likeness (QED) is 0.143. The van der Waals surface area contributed by atoms with E-state index in [4.69, 9.17) is 14.2 Å². The molecule has 2 aliphatic rings. The number of esters is 2. The topological polar surface area (TPSA) is 280 Å². The van der Waals surface area contributed by atoms with Gasteiger partial charge in [-0.15, -0.1) is 0 Å². The van der Waals surface area contributed by atoms with Gasteiger partial charge in [0.05, 0.1) is 25.7 Å². The van der Waals surface area contributed by atoms with Crippen LogP contribution in [0.25, 0.3) is 0 Å². The molecule has 0 aromatic heterocycles. The highest BCUT2D eigenvalue weighted by molar-refractivity contribution is 5.96. The van der Waals surface area contributed by atoms with Crippen molar-refractivity contribution in [1.29, 1.82) is 0 Å². The van der Waals surface area contributed by atoms with Crippen LogP contribution in [0.5, 0.6) is 5.75 Å². The van der Waals surface area contributed by atoms with Gasteiger partial charge in [0.25, 0.3) is 11.8 Å². The summed E-state index contributed by atoms with van der Waals surface area (Å²) < 4.78 is 17.0. The molecule has 0 spiro atoms. The number of benzene rings is 1. The molecule has 2 heterocycles. The van der Waals surface area contributed by atoms with Crippen molar-refractivity contribution in [3.63, 3.8) is 0 Å². The molecule has 7 amide bonds. The number of carbonyl (C=O) groups is 9. The van der Waals surface area contributed by atoms with Gasteiger partial charge in [0, 0.05) is 27.1 Å². The fourth-order valence-corrected chi connectivity index (χ4v) is 8.87. The third kappa shape index (κ3) is 16.6. The number of aliphatic hydroxyl groups excluding tert-OH is 2. The lowest BCUT2D eigenvalue weighted by Gasteiger charge is -2.36. The summed E-state index contributed by atoms with van der Waals surface area (Å²) in [4.78, 5) is 130. The second kappa shape index (κ2) is 27.3. The molecular weight excluding hydrogens is 935 g/mol. The van der Waals surface area contributed by atoms with Crippen molar-refractivity contribution in [2.75, 3.05) is 27.7 Å². The van der Waals surface area contributed by atoms with Crippen molar-refractivity contribution in [2.24, 2.45) is 23.7 Å². The Morgan fingerprint density at radius 1 is 0.861 bits per heavy atom. The Bertz CT molecular complexity index is 2060. The van der Waals surface area contributed by atoms with Gasteiger partial charge in [-0.1, -0.05) is 67.5 Å². The van der Waals surface area contributed by atoms with Gasteiger partial charge in [-0.25, -0.2) is 4.79 Å². The van der Waals surface area contributed by atoms with Crippen LogP contribution in [0.3, 0.4) is 0 Å². The number of ether oxygens (including phenoxy) is 3. The zero-order valence-electron chi connectivity index (χ0n) is 44.6. The second-order valence-electron chi connectivity index (χ2n) is 20.7. The highest BCUT2D eigenvalue weighted by atomic mass is 16.6. The summed E-state index contributed by atoms with van der Waals surface area (Å²) in [5, 5.41) is 32.4. The van der Waals surface area contributed by atoms with E-state index in [0.29, 0.717) is 17.7 Å². The molecule has 11 atom stereocenters. The van der Waals surface area contributed by atoms with Gasteiger partial charge in [0.15, 0.2) is 6.10 Å². The minimum absolute atomic E-state index is 0.0856. The molecular formula is C51H81N7O14. The van der Waals surface area contributed by atoms with Gasteiger partial charge in [0.2, 0.25) is 29.5 Å². The number of likely N-dealkylation sites (tertiary alicyclic amines) is 1. The molecule has 1 aromatic rings. The minimum Gasteiger partial charge on any atom is -0.497 e. The van der Waals surface area contributed by atoms with Crippen LogP contribution in [0.15, 0.2) is 24.3 Å². The zero-order valence-corrected chi connectivity index (χ0v) is 44.6. The first-order valence-corrected chi connectivity index (χ1v) is 25.0. The monoisotopic (exact) mass is 1020 g/mol. The number of carbonyl (C=O) groups excluding carboxylic acids is 9. The highest BCUT2D eigenvalue weighted by Gasteiger charge is 2.43. The van der Waals surface area contributed by atoms with Crippen LogP contribution < -0.4 is 26.0 Å². The van der Waals surface area contributed by atoms with Gasteiger partial charge < -0.3 is 60.4 Å². The number of rotatable bonds is 14. The van der Waals surface area contributed by atoms with Crippen LogP contribution in [0.4, 0.5) is 0 Å². The van der Waals surface area contributed by atoms with Crippen LogP contribution in [-0.4, -0.2) is 173 Å². The molecule has 2 fully saturated rings. The maximum absolute atomic E-state index is 14.7. The molecule has 1 aromatic carbocycles. The fraction of sp³-hybridized carbons (Fsp3) is 0.706. The van der Waals surface area contributed by atoms with E-state index in [9.17, 15) is 53.4 Å². The van der Waals surface area contributed by atoms with E-state index in [0.717, 1.165) is 4.90 Å². The number of methoxy groups -OCH3 is 1. The van der Waals surface area contributed by atoms with E-state index < -0.39 is 138 Å². The van der Waals surface area contributed by atoms with Gasteiger partial charge in [0.1, 0.15) is 54.2 Å². The summed E-state index contributed by atoms with van der Waals surface area (Å²) in [5.74, 6) is -8.19. The number of nitrogens with one attached hydrogen (secondary N) is 4. The molecule has 72 heavy (non-hydrogen) atoms. The largest absolute Gasteiger partial charge is 0.497 e. The molecule has 2 saturated heterocycles. The molecule has 21 nitrogen and oxygen atoms in total. The standard InChI is InChI=1S/C51H81N7O14/c1-26(2)22-35-44(62)52-30(9)48(66)57(13)38(24-33-17-19-34(70-14)20-18-33)51(69)71-32(11)42(46(64)54-41(28(5)6)39(60)25-40(61)72-43(29(7)8)47(65)53-35)55-45(63)37(23-27(3)4)56(12)50(68)36-16-15-21-58(36)49(67)31(10)59/h17-20,26-32,35-39,41-43,59-60H,15-16,21-25H2,1-14H3,(H,52,62)(H,53,65)(H,54,64)(H,55,63)/t30-,31-,32+,35-,36?,37+,38-,39-,41?,42-,43-/m0/s1. The molecule has 2 unspecified atom stereocenters. The minimum atomic E-state index is -1.73. The van der Waals surface area contributed by atoms with Crippen LogP contribution in [-0.2, 0) is 59.0 Å². The Morgan fingerprint density at radius 3 is 2.03 bits per heavy atom. The summed E-state index contributed by atoms with van der Waals surface area (Å²) >= 11 is 0. The predicted octanol–water partition coefficient (Wildman–Crippen LogP) is 1.23. The van der Waals surface area contributed by atoms with E-state index in [2.05, 4.69) is 21.3 Å². The molecule has 3 rings (SSSR count). The maximum Gasteiger partial charge on any atom is 0.329 e. The first kappa shape index (κ1) is 60.5. The first-order valence-electron chi connectivity index (χ1n) is 25.0. The summed E-state index contributed by atoms with van der Waals surface area (Å²) in [7, 11) is 4.24. The highest BCUT2D eigenvalue weighted by Crippen LogP contribution is 2.24. The summed E-state index contributed by atoms with van der Waals surface area (Å²) in [6.07, 6.45) is -5.75. The fourth-order valence-electron chi connectivity index (χ4n) is 8.87. The van der Waals surface area contributed by atoms with Gasteiger partial charge in [-0.3, -0.25) is 38.4 Å². The number of hydrogen-bond acceptors (Lipinski definition) is 14. The molecule has 0 aliphatic carbocycles. The van der Waals surface area contributed by atoms with Gasteiger partial charge in [-0.05, 0) is 87.8 Å². The van der Waals surface area contributed by atoms with Crippen LogP contribution in [0, 0.1) is 23.7 Å². The molecule has 21 heteroatoms. The second-order valence-corrected chi connectivity index (χ2v) is 20.7. The summed E-state index contributed by atoms with van der Waals surface area (Å²) in [6, 6.07) is -2.30. The third-order valence-corrected chi connectivity index (χ3v) is 13.0. The van der Waals surface area contributed by atoms with Crippen LogP contribution >= 0.6 is 0 Å².